The van der Waals surface area contributed by atoms with Gasteiger partial charge in [-0.05, 0) is 18.8 Å². The zero-order valence-electron chi connectivity index (χ0n) is 9.13. The quantitative estimate of drug-likeness (QED) is 0.859. The Hall–Kier alpha value is -1.37. The van der Waals surface area contributed by atoms with Gasteiger partial charge in [0.05, 0.1) is 17.7 Å². The minimum atomic E-state index is -2.98. The molecule has 0 aromatic carbocycles. The van der Waals surface area contributed by atoms with Crippen LogP contribution in [0.1, 0.15) is 29.0 Å². The highest BCUT2D eigenvalue weighted by molar-refractivity contribution is 7.91. The number of carbonyl (C=O) groups is 1. The molecule has 2 heterocycles. The van der Waals surface area contributed by atoms with Gasteiger partial charge in [-0.3, -0.25) is 0 Å². The molecule has 7 heteroatoms. The van der Waals surface area contributed by atoms with Crippen LogP contribution in [0, 0.1) is 5.92 Å². The second-order valence-corrected chi connectivity index (χ2v) is 6.52. The van der Waals surface area contributed by atoms with Gasteiger partial charge in [0.2, 0.25) is 0 Å². The lowest BCUT2D eigenvalue weighted by Gasteiger charge is -2.20. The number of carboxylic acids is 1. The summed E-state index contributed by atoms with van der Waals surface area (Å²) in [5.41, 5.74) is 0.0213. The highest BCUT2D eigenvalue weighted by Gasteiger charge is 2.27. The van der Waals surface area contributed by atoms with E-state index in [2.05, 4.69) is 5.16 Å². The SMILES string of the molecule is O=C(O)c1cnoc1CC1CCCS(=O)(=O)C1. The van der Waals surface area contributed by atoms with Crippen molar-refractivity contribution in [2.45, 2.75) is 19.3 Å². The first-order chi connectivity index (χ1) is 7.98. The molecule has 0 amide bonds. The zero-order chi connectivity index (χ0) is 12.5. The van der Waals surface area contributed by atoms with Crippen LogP contribution in [0.4, 0.5) is 0 Å². The van der Waals surface area contributed by atoms with E-state index in [-0.39, 0.29) is 28.7 Å². The average Bonchev–Trinajstić information content (AvgIpc) is 2.64. The maximum Gasteiger partial charge on any atom is 0.340 e. The summed E-state index contributed by atoms with van der Waals surface area (Å²) in [6, 6.07) is 0. The monoisotopic (exact) mass is 259 g/mol. The van der Waals surface area contributed by atoms with Gasteiger partial charge < -0.3 is 9.63 Å². The van der Waals surface area contributed by atoms with Crippen LogP contribution in [0.25, 0.3) is 0 Å². The third-order valence-corrected chi connectivity index (χ3v) is 4.80. The van der Waals surface area contributed by atoms with E-state index in [1.807, 2.05) is 0 Å². The minimum absolute atomic E-state index is 0.0213. The number of rotatable bonds is 3. The van der Waals surface area contributed by atoms with Gasteiger partial charge in [0.15, 0.2) is 15.6 Å². The first-order valence-electron chi connectivity index (χ1n) is 5.35. The van der Waals surface area contributed by atoms with Crippen molar-refractivity contribution in [1.82, 2.24) is 5.16 Å². The summed E-state index contributed by atoms with van der Waals surface area (Å²) in [7, 11) is -2.98. The smallest absolute Gasteiger partial charge is 0.340 e. The Morgan fingerprint density at radius 3 is 3.00 bits per heavy atom. The Morgan fingerprint density at radius 1 is 1.59 bits per heavy atom. The Bertz CT molecular complexity index is 519. The Morgan fingerprint density at radius 2 is 2.35 bits per heavy atom. The number of carboxylic acid groups (broad SMARTS) is 1. The lowest BCUT2D eigenvalue weighted by Crippen LogP contribution is -2.26. The molecule has 1 saturated heterocycles. The minimum Gasteiger partial charge on any atom is -0.478 e. The van der Waals surface area contributed by atoms with E-state index < -0.39 is 15.8 Å². The fourth-order valence-electron chi connectivity index (χ4n) is 2.13. The van der Waals surface area contributed by atoms with Gasteiger partial charge in [0.1, 0.15) is 5.56 Å². The average molecular weight is 259 g/mol. The Kier molecular flexibility index (Phi) is 3.19. The van der Waals surface area contributed by atoms with Crippen LogP contribution in [0.2, 0.25) is 0 Å². The lowest BCUT2D eigenvalue weighted by molar-refractivity contribution is 0.0694. The van der Waals surface area contributed by atoms with Gasteiger partial charge in [0, 0.05) is 6.42 Å². The van der Waals surface area contributed by atoms with Crippen LogP contribution in [-0.4, -0.2) is 36.2 Å². The molecule has 0 aliphatic carbocycles. The second-order valence-electron chi connectivity index (χ2n) is 4.29. The van der Waals surface area contributed by atoms with Gasteiger partial charge in [-0.1, -0.05) is 5.16 Å². The third kappa shape index (κ3) is 2.85. The summed E-state index contributed by atoms with van der Waals surface area (Å²) in [4.78, 5) is 10.8. The molecule has 1 fully saturated rings. The van der Waals surface area contributed by atoms with Crippen molar-refractivity contribution in [3.8, 4) is 0 Å². The van der Waals surface area contributed by atoms with Gasteiger partial charge in [-0.2, -0.15) is 0 Å². The fourth-order valence-corrected chi connectivity index (χ4v) is 3.90. The van der Waals surface area contributed by atoms with Crippen molar-refractivity contribution >= 4 is 15.8 Å². The number of hydrogen-bond donors (Lipinski definition) is 1. The normalized spacial score (nSPS) is 23.4. The number of nitrogens with zero attached hydrogens (tertiary/aromatic N) is 1. The summed E-state index contributed by atoms with van der Waals surface area (Å²) in [6.45, 7) is 0. The van der Waals surface area contributed by atoms with Crippen molar-refractivity contribution in [3.63, 3.8) is 0 Å². The molecule has 17 heavy (non-hydrogen) atoms. The van der Waals surface area contributed by atoms with E-state index in [4.69, 9.17) is 9.63 Å². The van der Waals surface area contributed by atoms with E-state index in [0.717, 1.165) is 12.6 Å². The largest absolute Gasteiger partial charge is 0.478 e. The van der Waals surface area contributed by atoms with E-state index in [1.54, 1.807) is 0 Å². The number of hydrogen-bond acceptors (Lipinski definition) is 5. The Labute approximate surface area is 98.5 Å². The summed E-state index contributed by atoms with van der Waals surface area (Å²) in [5, 5.41) is 12.3. The van der Waals surface area contributed by atoms with Gasteiger partial charge in [-0.15, -0.1) is 0 Å². The lowest BCUT2D eigenvalue weighted by atomic mass is 9.98. The third-order valence-electron chi connectivity index (χ3n) is 2.91. The molecule has 6 nitrogen and oxygen atoms in total. The zero-order valence-corrected chi connectivity index (χ0v) is 9.94. The van der Waals surface area contributed by atoms with Crippen LogP contribution < -0.4 is 0 Å². The van der Waals surface area contributed by atoms with Crippen LogP contribution >= 0.6 is 0 Å². The van der Waals surface area contributed by atoms with E-state index in [9.17, 15) is 13.2 Å². The standard InChI is InChI=1S/C10H13NO5S/c12-10(13)8-5-11-16-9(8)4-7-2-1-3-17(14,15)6-7/h5,7H,1-4,6H2,(H,12,13). The van der Waals surface area contributed by atoms with E-state index >= 15 is 0 Å². The highest BCUT2D eigenvalue weighted by Crippen LogP contribution is 2.23. The van der Waals surface area contributed by atoms with Crippen LogP contribution in [-0.2, 0) is 16.3 Å². The van der Waals surface area contributed by atoms with Gasteiger partial charge in [-0.25, -0.2) is 13.2 Å². The van der Waals surface area contributed by atoms with Crippen molar-refractivity contribution < 1.29 is 22.8 Å². The molecule has 1 aromatic rings. The summed E-state index contributed by atoms with van der Waals surface area (Å²) < 4.78 is 27.8. The molecule has 1 aliphatic rings. The summed E-state index contributed by atoms with van der Waals surface area (Å²) in [5.74, 6) is -0.572. The van der Waals surface area contributed by atoms with Crippen molar-refractivity contribution in [2.75, 3.05) is 11.5 Å². The molecular formula is C10H13NO5S. The molecule has 1 atom stereocenters. The van der Waals surface area contributed by atoms with Crippen LogP contribution in [0.15, 0.2) is 10.7 Å². The maximum absolute atomic E-state index is 11.4. The molecule has 1 unspecified atom stereocenters. The molecular weight excluding hydrogens is 246 g/mol. The molecule has 1 N–H and O–H groups in total. The highest BCUT2D eigenvalue weighted by atomic mass is 32.2. The molecule has 1 aromatic heterocycles. The molecule has 0 radical (unpaired) electrons. The predicted molar refractivity (Wildman–Crippen MR) is 58.5 cm³/mol. The van der Waals surface area contributed by atoms with Crippen molar-refractivity contribution in [1.29, 1.82) is 0 Å². The van der Waals surface area contributed by atoms with Crippen LogP contribution in [0.5, 0.6) is 0 Å². The van der Waals surface area contributed by atoms with Gasteiger partial charge >= 0.3 is 5.97 Å². The number of sulfone groups is 1. The molecule has 94 valence electrons. The predicted octanol–water partition coefficient (Wildman–Crippen LogP) is 0.740. The second kappa shape index (κ2) is 4.48. The maximum atomic E-state index is 11.4. The number of aromatic carboxylic acids is 1. The van der Waals surface area contributed by atoms with Crippen molar-refractivity contribution in [2.24, 2.45) is 5.92 Å². The molecule has 0 spiro atoms. The summed E-state index contributed by atoms with van der Waals surface area (Å²) >= 11 is 0. The molecule has 0 bridgehead atoms. The topological polar surface area (TPSA) is 97.5 Å². The van der Waals surface area contributed by atoms with Crippen molar-refractivity contribution in [3.05, 3.63) is 17.5 Å². The molecule has 2 rings (SSSR count). The summed E-state index contributed by atoms with van der Waals surface area (Å²) in [6.07, 6.45) is 2.87. The molecule has 1 aliphatic heterocycles. The van der Waals surface area contributed by atoms with Gasteiger partial charge in [0.25, 0.3) is 0 Å². The van der Waals surface area contributed by atoms with Crippen LogP contribution in [0.3, 0.4) is 0 Å². The van der Waals surface area contributed by atoms with E-state index in [1.165, 1.54) is 0 Å². The number of aromatic nitrogens is 1. The van der Waals surface area contributed by atoms with E-state index in [0.29, 0.717) is 12.8 Å². The first kappa shape index (κ1) is 12.1. The molecule has 0 saturated carbocycles. The Balaban J connectivity index is 2.10. The fraction of sp³-hybridized carbons (Fsp3) is 0.600. The first-order valence-corrected chi connectivity index (χ1v) is 7.17.